The Balaban J connectivity index is -0.000000308. The molecule has 0 unspecified atom stereocenters. The Morgan fingerprint density at radius 3 is 1.39 bits per heavy atom. The van der Waals surface area contributed by atoms with Crippen molar-refractivity contribution in [2.45, 2.75) is 26.7 Å². The van der Waals surface area contributed by atoms with Crippen LogP contribution in [0.25, 0.3) is 0 Å². The molecule has 0 saturated heterocycles. The largest absolute Gasteiger partial charge is 4.00 e. The van der Waals surface area contributed by atoms with Crippen LogP contribution in [-0.4, -0.2) is 11.6 Å². The molecule has 0 amide bonds. The van der Waals surface area contributed by atoms with Crippen LogP contribution in [0.2, 0.25) is 0 Å². The van der Waals surface area contributed by atoms with E-state index in [4.69, 9.17) is 0 Å². The standard InChI is InChI=1S/2C9H9O.2CH3.Ti/c2*1-2-9(10)8-6-4-3-5-7-8;;;/h2*3-4,6-7H,2H2,1H3;2*1H3;/q4*-1;+4. The van der Waals surface area contributed by atoms with Crippen LogP contribution in [0.4, 0.5) is 0 Å². The fourth-order valence-corrected chi connectivity index (χ4v) is 1.54. The molecular weight excluding hydrogens is 320 g/mol. The molecule has 0 atom stereocenters. The molecular formula is C20H24O2Ti. The molecule has 0 radical (unpaired) electrons. The summed E-state index contributed by atoms with van der Waals surface area (Å²) in [5, 5.41) is 0. The zero-order valence-electron chi connectivity index (χ0n) is 14.3. The number of ketones is 2. The maximum Gasteiger partial charge on any atom is 4.00 e. The SMILES string of the molecule is CCC(=O)c1c[c-]ccc1.CCC(=O)c1c[c-]ccc1.[CH3-].[CH3-].[Ti+4]. The predicted molar refractivity (Wildman–Crippen MR) is 92.6 cm³/mol. The summed E-state index contributed by atoms with van der Waals surface area (Å²) in [4.78, 5) is 22.0. The average molecular weight is 344 g/mol. The number of rotatable bonds is 4. The summed E-state index contributed by atoms with van der Waals surface area (Å²) >= 11 is 0. The molecule has 120 valence electrons. The van der Waals surface area contributed by atoms with Crippen molar-refractivity contribution in [2.24, 2.45) is 0 Å². The molecule has 0 heterocycles. The van der Waals surface area contributed by atoms with E-state index in [0.29, 0.717) is 12.8 Å². The van der Waals surface area contributed by atoms with Gasteiger partial charge in [0.25, 0.3) is 0 Å². The first kappa shape index (κ1) is 26.4. The number of hydrogen-bond acceptors (Lipinski definition) is 2. The number of carbonyl (C=O) groups excluding carboxylic acids is 2. The van der Waals surface area contributed by atoms with E-state index in [1.807, 2.05) is 38.1 Å². The van der Waals surface area contributed by atoms with E-state index >= 15 is 0 Å². The Hall–Kier alpha value is -1.51. The fourth-order valence-electron chi connectivity index (χ4n) is 1.54. The Morgan fingerprint density at radius 1 is 0.826 bits per heavy atom. The van der Waals surface area contributed by atoms with Crippen molar-refractivity contribution >= 4 is 11.6 Å². The molecule has 2 aromatic carbocycles. The summed E-state index contributed by atoms with van der Waals surface area (Å²) in [6, 6.07) is 20.0. The molecule has 0 aliphatic heterocycles. The van der Waals surface area contributed by atoms with Crippen molar-refractivity contribution in [2.75, 3.05) is 0 Å². The van der Waals surface area contributed by atoms with Crippen molar-refractivity contribution in [3.63, 3.8) is 0 Å². The summed E-state index contributed by atoms with van der Waals surface area (Å²) in [5.74, 6) is 0.355. The van der Waals surface area contributed by atoms with Crippen LogP contribution < -0.4 is 0 Å². The third-order valence-electron chi connectivity index (χ3n) is 2.70. The monoisotopic (exact) mass is 344 g/mol. The normalized spacial score (nSPS) is 8.09. The van der Waals surface area contributed by atoms with Gasteiger partial charge in [-0.05, 0) is 12.8 Å². The molecule has 0 saturated carbocycles. The Morgan fingerprint density at radius 2 is 1.17 bits per heavy atom. The van der Waals surface area contributed by atoms with Gasteiger partial charge in [0.1, 0.15) is 11.6 Å². The molecule has 0 aromatic heterocycles. The molecule has 0 N–H and O–H groups in total. The molecule has 23 heavy (non-hydrogen) atoms. The molecule has 0 aliphatic carbocycles. The Labute approximate surface area is 156 Å². The zero-order valence-corrected chi connectivity index (χ0v) is 15.9. The fraction of sp³-hybridized carbons (Fsp3) is 0.200. The van der Waals surface area contributed by atoms with E-state index in [1.54, 1.807) is 24.3 Å². The summed E-state index contributed by atoms with van der Waals surface area (Å²) < 4.78 is 0. The van der Waals surface area contributed by atoms with Crippen LogP contribution in [0.3, 0.4) is 0 Å². The van der Waals surface area contributed by atoms with E-state index in [-0.39, 0.29) is 48.1 Å². The van der Waals surface area contributed by atoms with Crippen molar-refractivity contribution in [1.82, 2.24) is 0 Å². The summed E-state index contributed by atoms with van der Waals surface area (Å²) in [6.45, 7) is 3.71. The van der Waals surface area contributed by atoms with Gasteiger partial charge < -0.3 is 24.4 Å². The van der Waals surface area contributed by atoms with Crippen LogP contribution in [0.1, 0.15) is 47.4 Å². The van der Waals surface area contributed by atoms with Crippen molar-refractivity contribution in [1.29, 1.82) is 0 Å². The first-order valence-corrected chi connectivity index (χ1v) is 6.67. The minimum Gasteiger partial charge on any atom is -0.358 e. The molecule has 3 heteroatoms. The first-order chi connectivity index (χ1) is 9.69. The van der Waals surface area contributed by atoms with Gasteiger partial charge >= 0.3 is 21.7 Å². The summed E-state index contributed by atoms with van der Waals surface area (Å²) in [5.41, 5.74) is 1.51. The van der Waals surface area contributed by atoms with Crippen molar-refractivity contribution < 1.29 is 31.3 Å². The van der Waals surface area contributed by atoms with Gasteiger partial charge in [-0.1, -0.05) is 25.0 Å². The number of benzene rings is 2. The van der Waals surface area contributed by atoms with Gasteiger partial charge in [-0.3, -0.25) is 0 Å². The van der Waals surface area contributed by atoms with E-state index < -0.39 is 0 Å². The zero-order chi connectivity index (χ0) is 14.8. The van der Waals surface area contributed by atoms with Gasteiger partial charge in [-0.25, -0.2) is 0 Å². The molecule has 0 bridgehead atoms. The minimum atomic E-state index is 0. The quantitative estimate of drug-likeness (QED) is 0.441. The number of carbonyl (C=O) groups is 2. The third-order valence-corrected chi connectivity index (χ3v) is 2.70. The topological polar surface area (TPSA) is 34.1 Å². The molecule has 2 rings (SSSR count). The predicted octanol–water partition coefficient (Wildman–Crippen LogP) is 5.06. The third kappa shape index (κ3) is 9.99. The molecule has 0 fully saturated rings. The Bertz CT molecular complexity index is 485. The van der Waals surface area contributed by atoms with Gasteiger partial charge in [0, 0.05) is 0 Å². The van der Waals surface area contributed by atoms with Gasteiger partial charge in [-0.15, -0.1) is 0 Å². The second-order valence-corrected chi connectivity index (χ2v) is 4.14. The van der Waals surface area contributed by atoms with Gasteiger partial charge in [-0.2, -0.15) is 60.7 Å². The maximum absolute atomic E-state index is 11.0. The van der Waals surface area contributed by atoms with E-state index in [1.165, 1.54) is 0 Å². The van der Waals surface area contributed by atoms with Crippen LogP contribution in [0.5, 0.6) is 0 Å². The molecule has 0 aliphatic rings. The number of hydrogen-bond donors (Lipinski definition) is 0. The smallest absolute Gasteiger partial charge is 0.358 e. The number of Topliss-reactive ketones (excluding diaryl/α,β-unsaturated/α-hetero) is 2. The minimum absolute atomic E-state index is 0. The molecule has 2 nitrogen and oxygen atoms in total. The van der Waals surface area contributed by atoms with Crippen LogP contribution in [-0.2, 0) is 21.7 Å². The summed E-state index contributed by atoms with van der Waals surface area (Å²) in [7, 11) is 0. The van der Waals surface area contributed by atoms with E-state index in [9.17, 15) is 9.59 Å². The van der Waals surface area contributed by atoms with Crippen molar-refractivity contribution in [3.8, 4) is 0 Å². The van der Waals surface area contributed by atoms with Crippen LogP contribution >= 0.6 is 0 Å². The van der Waals surface area contributed by atoms with Crippen molar-refractivity contribution in [3.05, 3.63) is 86.6 Å². The second-order valence-electron chi connectivity index (χ2n) is 4.14. The van der Waals surface area contributed by atoms with E-state index in [0.717, 1.165) is 11.1 Å². The second kappa shape index (κ2) is 15.4. The Kier molecular flexibility index (Phi) is 17.7. The first-order valence-electron chi connectivity index (χ1n) is 6.67. The van der Waals surface area contributed by atoms with Crippen LogP contribution in [0.15, 0.2) is 48.5 Å². The maximum atomic E-state index is 11.0. The molecule has 2 aromatic rings. The van der Waals surface area contributed by atoms with Gasteiger partial charge in [0.05, 0.1) is 0 Å². The van der Waals surface area contributed by atoms with E-state index in [2.05, 4.69) is 12.1 Å². The average Bonchev–Trinajstić information content (AvgIpc) is 2.55. The van der Waals surface area contributed by atoms with Gasteiger partial charge in [0.15, 0.2) is 0 Å². The summed E-state index contributed by atoms with van der Waals surface area (Å²) in [6.07, 6.45) is 1.13. The van der Waals surface area contributed by atoms with Gasteiger partial charge in [0.2, 0.25) is 0 Å². The van der Waals surface area contributed by atoms with Crippen LogP contribution in [0, 0.1) is 27.0 Å². The molecule has 0 spiro atoms.